The highest BCUT2D eigenvalue weighted by Gasteiger charge is 2.27. The Bertz CT molecular complexity index is 325. The zero-order valence-electron chi connectivity index (χ0n) is 12.1. The van der Waals surface area contributed by atoms with E-state index in [-0.39, 0.29) is 5.25 Å². The Morgan fingerprint density at radius 1 is 1.17 bits per heavy atom. The molecule has 1 rings (SSSR count). The lowest BCUT2D eigenvalue weighted by Crippen LogP contribution is -2.32. The molecule has 0 radical (unpaired) electrons. The highest BCUT2D eigenvalue weighted by molar-refractivity contribution is 7.91. The van der Waals surface area contributed by atoms with Crippen LogP contribution in [0.2, 0.25) is 0 Å². The first-order valence-corrected chi connectivity index (χ1v) is 9.11. The van der Waals surface area contributed by atoms with Gasteiger partial charge in [-0.05, 0) is 51.6 Å². The van der Waals surface area contributed by atoms with Gasteiger partial charge in [-0.25, -0.2) is 8.42 Å². The predicted molar refractivity (Wildman–Crippen MR) is 77.5 cm³/mol. The first kappa shape index (κ1) is 16.0. The van der Waals surface area contributed by atoms with Gasteiger partial charge in [-0.1, -0.05) is 26.2 Å². The third-order valence-corrected chi connectivity index (χ3v) is 6.46. The summed E-state index contributed by atoms with van der Waals surface area (Å²) in [6.45, 7) is 7.76. The summed E-state index contributed by atoms with van der Waals surface area (Å²) in [5.41, 5.74) is 0. The van der Waals surface area contributed by atoms with Gasteiger partial charge < -0.3 is 5.32 Å². The molecule has 4 heteroatoms. The molecule has 0 aliphatic heterocycles. The molecule has 2 atom stereocenters. The lowest BCUT2D eigenvalue weighted by molar-refractivity contribution is 0.225. The summed E-state index contributed by atoms with van der Waals surface area (Å²) >= 11 is 0. The molecule has 0 heterocycles. The minimum Gasteiger partial charge on any atom is -0.317 e. The molecule has 18 heavy (non-hydrogen) atoms. The van der Waals surface area contributed by atoms with Crippen LogP contribution in [-0.4, -0.2) is 32.5 Å². The summed E-state index contributed by atoms with van der Waals surface area (Å²) in [4.78, 5) is 0. The quantitative estimate of drug-likeness (QED) is 0.777. The molecule has 0 amide bonds. The molecule has 0 aromatic carbocycles. The average molecular weight is 275 g/mol. The van der Waals surface area contributed by atoms with Crippen LogP contribution in [0, 0.1) is 11.8 Å². The fourth-order valence-corrected chi connectivity index (χ4v) is 3.92. The van der Waals surface area contributed by atoms with Gasteiger partial charge in [0.05, 0.1) is 11.0 Å². The third-order valence-electron chi connectivity index (χ3n) is 4.21. The summed E-state index contributed by atoms with van der Waals surface area (Å²) < 4.78 is 23.8. The highest BCUT2D eigenvalue weighted by Crippen LogP contribution is 2.32. The normalized spacial score (nSPS) is 25.6. The maximum atomic E-state index is 11.9. The van der Waals surface area contributed by atoms with Crippen molar-refractivity contribution < 1.29 is 8.42 Å². The van der Waals surface area contributed by atoms with E-state index in [0.29, 0.717) is 17.6 Å². The van der Waals surface area contributed by atoms with E-state index in [1.807, 2.05) is 0 Å². The highest BCUT2D eigenvalue weighted by atomic mass is 32.2. The molecule has 0 saturated heterocycles. The van der Waals surface area contributed by atoms with E-state index < -0.39 is 9.84 Å². The fraction of sp³-hybridized carbons (Fsp3) is 1.00. The first-order valence-electron chi connectivity index (χ1n) is 7.39. The monoisotopic (exact) mass is 275 g/mol. The van der Waals surface area contributed by atoms with Gasteiger partial charge in [-0.2, -0.15) is 0 Å². The molecule has 1 aliphatic rings. The molecular weight excluding hydrogens is 246 g/mol. The van der Waals surface area contributed by atoms with Crippen LogP contribution in [0.3, 0.4) is 0 Å². The Morgan fingerprint density at radius 3 is 2.33 bits per heavy atom. The Kier molecular flexibility index (Phi) is 6.64. The number of hydrogen-bond acceptors (Lipinski definition) is 3. The minimum absolute atomic E-state index is 0.228. The van der Waals surface area contributed by atoms with Crippen molar-refractivity contribution in [2.75, 3.05) is 18.8 Å². The molecule has 1 aliphatic carbocycles. The van der Waals surface area contributed by atoms with Crippen LogP contribution in [0.1, 0.15) is 52.9 Å². The van der Waals surface area contributed by atoms with Crippen molar-refractivity contribution in [2.45, 2.75) is 58.1 Å². The Morgan fingerprint density at radius 2 is 1.78 bits per heavy atom. The summed E-state index contributed by atoms with van der Waals surface area (Å²) in [7, 11) is -2.86. The number of sulfone groups is 1. The van der Waals surface area contributed by atoms with Crippen molar-refractivity contribution in [3.63, 3.8) is 0 Å². The zero-order chi connectivity index (χ0) is 13.6. The van der Waals surface area contributed by atoms with Gasteiger partial charge in [-0.15, -0.1) is 0 Å². The maximum Gasteiger partial charge on any atom is 0.152 e. The maximum absolute atomic E-state index is 11.9. The zero-order valence-corrected chi connectivity index (χ0v) is 12.9. The molecule has 1 saturated carbocycles. The Balaban J connectivity index is 2.47. The van der Waals surface area contributed by atoms with Crippen LogP contribution in [-0.2, 0) is 9.84 Å². The Hall–Kier alpha value is -0.0900. The second-order valence-electron chi connectivity index (χ2n) is 5.82. The molecule has 1 N–H and O–H groups in total. The van der Waals surface area contributed by atoms with Gasteiger partial charge >= 0.3 is 0 Å². The summed E-state index contributed by atoms with van der Waals surface area (Å²) in [5.74, 6) is 1.66. The molecule has 1 fully saturated rings. The topological polar surface area (TPSA) is 46.2 Å². The van der Waals surface area contributed by atoms with E-state index in [1.54, 1.807) is 13.8 Å². The molecule has 0 spiro atoms. The number of hydrogen-bond donors (Lipinski definition) is 1. The van der Waals surface area contributed by atoms with Gasteiger partial charge in [0.2, 0.25) is 0 Å². The van der Waals surface area contributed by atoms with Gasteiger partial charge in [0.25, 0.3) is 0 Å². The van der Waals surface area contributed by atoms with Crippen molar-refractivity contribution >= 4 is 9.84 Å². The van der Waals surface area contributed by atoms with E-state index in [4.69, 9.17) is 0 Å². The molecule has 108 valence electrons. The molecule has 0 bridgehead atoms. The average Bonchev–Trinajstić information content (AvgIpc) is 2.34. The number of rotatable bonds is 7. The third kappa shape index (κ3) is 4.88. The summed E-state index contributed by atoms with van der Waals surface area (Å²) in [6, 6.07) is 0. The Labute approximate surface area is 113 Å². The van der Waals surface area contributed by atoms with E-state index in [1.165, 1.54) is 25.7 Å². The summed E-state index contributed by atoms with van der Waals surface area (Å²) in [6.07, 6.45) is 5.91. The molecule has 3 nitrogen and oxygen atoms in total. The fourth-order valence-electron chi connectivity index (χ4n) is 2.81. The second kappa shape index (κ2) is 7.49. The van der Waals surface area contributed by atoms with Crippen molar-refractivity contribution in [3.8, 4) is 0 Å². The van der Waals surface area contributed by atoms with Gasteiger partial charge in [0, 0.05) is 0 Å². The van der Waals surface area contributed by atoms with Gasteiger partial charge in [-0.3, -0.25) is 0 Å². The lowest BCUT2D eigenvalue weighted by atomic mass is 9.78. The van der Waals surface area contributed by atoms with Crippen LogP contribution >= 0.6 is 0 Å². The molecular formula is C14H29NO2S. The van der Waals surface area contributed by atoms with E-state index in [2.05, 4.69) is 12.2 Å². The molecule has 2 unspecified atom stereocenters. The smallest absolute Gasteiger partial charge is 0.152 e. The predicted octanol–water partition coefficient (Wildman–Crippen LogP) is 2.62. The van der Waals surface area contributed by atoms with Gasteiger partial charge in [0.1, 0.15) is 0 Å². The van der Waals surface area contributed by atoms with E-state index in [9.17, 15) is 8.42 Å². The summed E-state index contributed by atoms with van der Waals surface area (Å²) in [5, 5.41) is 3.19. The lowest BCUT2D eigenvalue weighted by Gasteiger charge is -2.32. The minimum atomic E-state index is -2.86. The SMILES string of the molecule is CCNCC1CCCCC1CCS(=O)(=O)C(C)C. The standard InChI is InChI=1S/C14H29NO2S/c1-4-15-11-14-8-6-5-7-13(14)9-10-18(16,17)12(2)3/h12-15H,4-11H2,1-3H3. The molecule has 0 aromatic heterocycles. The van der Waals surface area contributed by atoms with Crippen LogP contribution in [0.15, 0.2) is 0 Å². The van der Waals surface area contributed by atoms with Crippen molar-refractivity contribution in [3.05, 3.63) is 0 Å². The van der Waals surface area contributed by atoms with E-state index >= 15 is 0 Å². The van der Waals surface area contributed by atoms with Crippen molar-refractivity contribution in [1.29, 1.82) is 0 Å². The van der Waals surface area contributed by atoms with E-state index in [0.717, 1.165) is 19.5 Å². The van der Waals surface area contributed by atoms with Crippen LogP contribution in [0.5, 0.6) is 0 Å². The largest absolute Gasteiger partial charge is 0.317 e. The van der Waals surface area contributed by atoms with Crippen LogP contribution < -0.4 is 5.32 Å². The van der Waals surface area contributed by atoms with Gasteiger partial charge in [0.15, 0.2) is 9.84 Å². The number of nitrogens with one attached hydrogen (secondary N) is 1. The first-order chi connectivity index (χ1) is 8.47. The van der Waals surface area contributed by atoms with Crippen molar-refractivity contribution in [2.24, 2.45) is 11.8 Å². The molecule has 0 aromatic rings. The van der Waals surface area contributed by atoms with Crippen LogP contribution in [0.4, 0.5) is 0 Å². The van der Waals surface area contributed by atoms with Crippen LogP contribution in [0.25, 0.3) is 0 Å². The van der Waals surface area contributed by atoms with Crippen molar-refractivity contribution in [1.82, 2.24) is 5.32 Å². The second-order valence-corrected chi connectivity index (χ2v) is 8.49.